The molecule has 5 rings (SSSR count). The van der Waals surface area contributed by atoms with E-state index >= 15 is 0 Å². The molecule has 0 radical (unpaired) electrons. The highest BCUT2D eigenvalue weighted by Crippen LogP contribution is 2.29. The van der Waals surface area contributed by atoms with Gasteiger partial charge in [-0.3, -0.25) is 25.0 Å². The first-order valence-electron chi connectivity index (χ1n) is 13.4. The van der Waals surface area contributed by atoms with Gasteiger partial charge in [0.25, 0.3) is 10.1 Å². The molecule has 4 N–H and O–H groups in total. The lowest BCUT2D eigenvalue weighted by Crippen LogP contribution is -2.28. The Morgan fingerprint density at radius 1 is 0.844 bits per heavy atom. The van der Waals surface area contributed by atoms with Crippen LogP contribution in [-0.2, 0) is 24.5 Å². The maximum absolute atomic E-state index is 13.0. The maximum Gasteiger partial charge on any atom is 0.339 e. The molecule has 2 aliphatic rings. The summed E-state index contributed by atoms with van der Waals surface area (Å²) < 4.78 is 31.8. The number of benzene rings is 3. The predicted molar refractivity (Wildman–Crippen MR) is 170 cm³/mol. The van der Waals surface area contributed by atoms with Crippen molar-refractivity contribution in [3.8, 4) is 11.1 Å². The Hall–Kier alpha value is -5.73. The van der Waals surface area contributed by atoms with E-state index in [0.717, 1.165) is 27.3 Å². The van der Waals surface area contributed by atoms with Gasteiger partial charge in [-0.15, -0.1) is 0 Å². The molecule has 1 aliphatic carbocycles. The van der Waals surface area contributed by atoms with E-state index in [0.29, 0.717) is 28.5 Å². The minimum absolute atomic E-state index is 0.0876. The number of carbonyl (C=O) groups excluding carboxylic acids is 2. The maximum atomic E-state index is 13.0. The van der Waals surface area contributed by atoms with Crippen molar-refractivity contribution in [3.05, 3.63) is 95.6 Å². The van der Waals surface area contributed by atoms with Crippen molar-refractivity contribution in [1.29, 1.82) is 0 Å². The van der Waals surface area contributed by atoms with E-state index in [4.69, 9.17) is 5.11 Å². The van der Waals surface area contributed by atoms with E-state index in [1.807, 2.05) is 50.2 Å². The van der Waals surface area contributed by atoms with Gasteiger partial charge in [0.15, 0.2) is 11.5 Å². The Labute approximate surface area is 257 Å². The quantitative estimate of drug-likeness (QED) is 0.122. The molecule has 3 aromatic rings. The number of amides is 1. The number of carbonyl (C=O) groups is 3. The van der Waals surface area contributed by atoms with Gasteiger partial charge in [-0.1, -0.05) is 12.1 Å². The molecule has 1 heterocycles. The highest BCUT2D eigenvalue weighted by molar-refractivity contribution is 7.85. The first kappa shape index (κ1) is 30.7. The number of hydrogen-bond acceptors (Lipinski definition) is 10. The first-order chi connectivity index (χ1) is 21.3. The number of anilines is 3. The molecule has 0 fully saturated rings. The zero-order chi connectivity index (χ0) is 32.5. The molecule has 228 valence electrons. The van der Waals surface area contributed by atoms with E-state index in [2.05, 4.69) is 26.2 Å². The highest BCUT2D eigenvalue weighted by Gasteiger charge is 2.31. The number of hydrogen-bond donors (Lipinski definition) is 4. The molecule has 14 heteroatoms. The number of allylic oxidation sites excluding steroid dienone is 3. The number of carboxylic acids is 1. The minimum Gasteiger partial charge on any atom is -0.478 e. The van der Waals surface area contributed by atoms with Gasteiger partial charge in [0.2, 0.25) is 0 Å². The fraction of sp³-hybridized carbons (Fsp3) is 0.0968. The molecule has 1 amide bonds. The lowest BCUT2D eigenvalue weighted by molar-refractivity contribution is -0.134. The van der Waals surface area contributed by atoms with Crippen LogP contribution in [0.15, 0.2) is 105 Å². The minimum atomic E-state index is -4.37. The second kappa shape index (κ2) is 12.1. The second-order valence-electron chi connectivity index (χ2n) is 10.1. The van der Waals surface area contributed by atoms with Crippen molar-refractivity contribution in [3.63, 3.8) is 0 Å². The molecule has 0 saturated heterocycles. The molecule has 45 heavy (non-hydrogen) atoms. The topological polar surface area (TPSA) is 190 Å². The summed E-state index contributed by atoms with van der Waals surface area (Å²) in [4.78, 5) is 35.6. The summed E-state index contributed by atoms with van der Waals surface area (Å²) in [6.45, 7) is 5.43. The average Bonchev–Trinajstić information content (AvgIpc) is 3.28. The molecule has 0 unspecified atom stereocenters. The van der Waals surface area contributed by atoms with Crippen LogP contribution < -0.4 is 15.9 Å². The van der Waals surface area contributed by atoms with E-state index in [-0.39, 0.29) is 16.2 Å². The van der Waals surface area contributed by atoms with E-state index in [9.17, 15) is 27.4 Å². The smallest absolute Gasteiger partial charge is 0.339 e. The summed E-state index contributed by atoms with van der Waals surface area (Å²) in [6, 6.07) is 16.5. The molecule has 0 spiro atoms. The van der Waals surface area contributed by atoms with Gasteiger partial charge in [0.1, 0.15) is 5.57 Å². The molecular formula is C31H26N6O7S. The standard InChI is InChI=1S/C31H26N6O7S/c1-17-14-20(4-11-26(17)33-32-22-6-13-28(38)25(16-22)31(40)41)21-5-12-27(18(2)15-21)34-35-29-19(3)36-37(30(29)39)23-7-9-24(10-8-23)45(42,43)44/h4-16,33-34H,1-3H3,(H,40,41)(H,42,43,44). The predicted octanol–water partition coefficient (Wildman–Crippen LogP) is 4.33. The Balaban J connectivity index is 1.27. The number of hydrazone groups is 3. The number of aliphatic carboxylic acids is 1. The number of nitrogens with zero attached hydrogens (tertiary/aromatic N) is 4. The van der Waals surface area contributed by atoms with Crippen LogP contribution in [-0.4, -0.2) is 52.9 Å². The number of aryl methyl sites for hydroxylation is 2. The van der Waals surface area contributed by atoms with Crippen molar-refractivity contribution in [2.24, 2.45) is 15.3 Å². The van der Waals surface area contributed by atoms with Gasteiger partial charge >= 0.3 is 11.9 Å². The number of rotatable bonds is 8. The van der Waals surface area contributed by atoms with Gasteiger partial charge in [0.05, 0.1) is 33.4 Å². The number of carboxylic acid groups (broad SMARTS) is 1. The van der Waals surface area contributed by atoms with Crippen LogP contribution in [0.1, 0.15) is 18.1 Å². The molecule has 0 saturated carbocycles. The van der Waals surface area contributed by atoms with Gasteiger partial charge in [-0.2, -0.15) is 28.7 Å². The molecule has 13 nitrogen and oxygen atoms in total. The van der Waals surface area contributed by atoms with Crippen molar-refractivity contribution >= 4 is 62.0 Å². The van der Waals surface area contributed by atoms with Crippen LogP contribution in [0.3, 0.4) is 0 Å². The lowest BCUT2D eigenvalue weighted by atomic mass is 10.00. The zero-order valence-electron chi connectivity index (χ0n) is 24.1. The Morgan fingerprint density at radius 3 is 1.96 bits per heavy atom. The molecular weight excluding hydrogens is 600 g/mol. The van der Waals surface area contributed by atoms with E-state index < -0.39 is 27.8 Å². The normalized spacial score (nSPS) is 16.7. The third kappa shape index (κ3) is 6.61. The summed E-state index contributed by atoms with van der Waals surface area (Å²) in [6.07, 6.45) is 3.82. The van der Waals surface area contributed by atoms with Crippen LogP contribution in [0.25, 0.3) is 11.1 Å². The monoisotopic (exact) mass is 626 g/mol. The largest absolute Gasteiger partial charge is 0.478 e. The third-order valence-electron chi connectivity index (χ3n) is 6.94. The summed E-state index contributed by atoms with van der Waals surface area (Å²) >= 11 is 0. The van der Waals surface area contributed by atoms with Crippen LogP contribution in [0, 0.1) is 13.8 Å². The molecule has 0 atom stereocenters. The SMILES string of the molecule is CC1=NN(c2ccc(S(=O)(=O)O)cc2)C(=O)C1=NNc1ccc(-c2ccc(NN=C3C=CC(=O)C(C(=O)O)=C3)c(C)c2)cc1C. The van der Waals surface area contributed by atoms with Crippen molar-refractivity contribution in [2.75, 3.05) is 15.9 Å². The van der Waals surface area contributed by atoms with E-state index in [1.54, 1.807) is 6.92 Å². The molecule has 0 aromatic heterocycles. The highest BCUT2D eigenvalue weighted by atomic mass is 32.2. The van der Waals surface area contributed by atoms with Gasteiger partial charge < -0.3 is 5.11 Å². The number of ketones is 1. The van der Waals surface area contributed by atoms with Crippen LogP contribution in [0.4, 0.5) is 17.1 Å². The fourth-order valence-corrected chi connectivity index (χ4v) is 4.97. The molecule has 0 bridgehead atoms. The second-order valence-corrected chi connectivity index (χ2v) is 11.5. The fourth-order valence-electron chi connectivity index (χ4n) is 4.49. The van der Waals surface area contributed by atoms with Crippen LogP contribution >= 0.6 is 0 Å². The summed E-state index contributed by atoms with van der Waals surface area (Å²) in [5, 5.41) is 23.0. The molecule has 1 aliphatic heterocycles. The van der Waals surface area contributed by atoms with Crippen LogP contribution in [0.5, 0.6) is 0 Å². The number of nitrogens with one attached hydrogen (secondary N) is 2. The third-order valence-corrected chi connectivity index (χ3v) is 7.81. The lowest BCUT2D eigenvalue weighted by Gasteiger charge is -2.12. The van der Waals surface area contributed by atoms with Gasteiger partial charge in [-0.05, 0) is 110 Å². The van der Waals surface area contributed by atoms with Crippen molar-refractivity contribution < 1.29 is 32.5 Å². The van der Waals surface area contributed by atoms with Crippen molar-refractivity contribution in [1.82, 2.24) is 0 Å². The Morgan fingerprint density at radius 2 is 1.42 bits per heavy atom. The Bertz CT molecular complexity index is 2030. The van der Waals surface area contributed by atoms with Crippen LogP contribution in [0.2, 0.25) is 0 Å². The molecule has 3 aromatic carbocycles. The first-order valence-corrected chi connectivity index (χ1v) is 14.8. The van der Waals surface area contributed by atoms with Crippen molar-refractivity contribution in [2.45, 2.75) is 25.7 Å². The van der Waals surface area contributed by atoms with Gasteiger partial charge in [-0.25, -0.2) is 4.79 Å². The summed E-state index contributed by atoms with van der Waals surface area (Å²) in [5.41, 5.74) is 11.6. The average molecular weight is 627 g/mol. The summed E-state index contributed by atoms with van der Waals surface area (Å²) in [5.74, 6) is -2.40. The zero-order valence-corrected chi connectivity index (χ0v) is 25.0. The van der Waals surface area contributed by atoms with E-state index in [1.165, 1.54) is 42.5 Å². The van der Waals surface area contributed by atoms with Gasteiger partial charge in [0, 0.05) is 0 Å². The summed E-state index contributed by atoms with van der Waals surface area (Å²) in [7, 11) is -4.37. The Kier molecular flexibility index (Phi) is 8.26.